The van der Waals surface area contributed by atoms with Crippen LogP contribution < -0.4 is 5.56 Å². The molecule has 3 aromatic rings. The zero-order valence-electron chi connectivity index (χ0n) is 18.1. The molecule has 2 saturated heterocycles. The second-order valence-corrected chi connectivity index (χ2v) is 9.53. The lowest BCUT2D eigenvalue weighted by Gasteiger charge is -2.32. The monoisotopic (exact) mass is 470 g/mol. The first-order valence-electron chi connectivity index (χ1n) is 11.5. The summed E-state index contributed by atoms with van der Waals surface area (Å²) in [6.45, 7) is 2.69. The molecule has 2 fully saturated rings. The molecule has 33 heavy (non-hydrogen) atoms. The first kappa shape index (κ1) is 21.1. The molecule has 0 N–H and O–H groups in total. The van der Waals surface area contributed by atoms with E-state index < -0.39 is 5.82 Å². The van der Waals surface area contributed by atoms with Crippen molar-refractivity contribution in [2.24, 2.45) is 5.92 Å². The summed E-state index contributed by atoms with van der Waals surface area (Å²) in [7, 11) is 0. The molecule has 0 radical (unpaired) electrons. The van der Waals surface area contributed by atoms with Crippen LogP contribution in [-0.2, 0) is 22.4 Å². The summed E-state index contributed by atoms with van der Waals surface area (Å²) in [5.41, 5.74) is 1.05. The average molecular weight is 471 g/mol. The van der Waals surface area contributed by atoms with Crippen LogP contribution in [0.15, 0.2) is 23.0 Å². The van der Waals surface area contributed by atoms with Gasteiger partial charge in [0.05, 0.1) is 12.7 Å². The lowest BCUT2D eigenvalue weighted by molar-refractivity contribution is -0.0315. The van der Waals surface area contributed by atoms with E-state index in [4.69, 9.17) is 36.0 Å². The van der Waals surface area contributed by atoms with Crippen LogP contribution in [-0.4, -0.2) is 45.4 Å². The largest absolute Gasteiger partial charge is 0.381 e. The van der Waals surface area contributed by atoms with Crippen LogP contribution in [0, 0.1) is 11.7 Å². The quantitative estimate of drug-likeness (QED) is 0.577. The summed E-state index contributed by atoms with van der Waals surface area (Å²) in [6, 6.07) is 4.48. The Balaban J connectivity index is 1.51. The van der Waals surface area contributed by atoms with Gasteiger partial charge in [-0.1, -0.05) is 11.6 Å². The van der Waals surface area contributed by atoms with E-state index in [1.54, 1.807) is 16.7 Å². The highest BCUT2D eigenvalue weighted by molar-refractivity contribution is 6.30. The van der Waals surface area contributed by atoms with E-state index in [9.17, 15) is 9.18 Å². The minimum atomic E-state index is -0.496. The van der Waals surface area contributed by atoms with Crippen molar-refractivity contribution < 1.29 is 13.9 Å². The Hall–Kier alpha value is -2.42. The van der Waals surface area contributed by atoms with Crippen LogP contribution in [0.3, 0.4) is 0 Å². The number of fused-ring (bicyclic) bond motifs is 2. The number of nitrogens with zero attached hydrogens (tertiary/aromatic N) is 4. The van der Waals surface area contributed by atoms with E-state index in [1.807, 2.05) is 0 Å². The number of hydrogen-bond acceptors (Lipinski definition) is 6. The van der Waals surface area contributed by atoms with Gasteiger partial charge in [0, 0.05) is 48.6 Å². The Kier molecular flexibility index (Phi) is 5.39. The van der Waals surface area contributed by atoms with Crippen LogP contribution in [0.25, 0.3) is 22.3 Å². The fourth-order valence-electron chi connectivity index (χ4n) is 5.27. The summed E-state index contributed by atoms with van der Waals surface area (Å²) >= 11 is 5.99. The smallest absolute Gasteiger partial charge is 0.280 e. The minimum absolute atomic E-state index is 0.0144. The van der Waals surface area contributed by atoms with Gasteiger partial charge in [-0.3, -0.25) is 9.36 Å². The summed E-state index contributed by atoms with van der Waals surface area (Å²) in [4.78, 5) is 27.6. The van der Waals surface area contributed by atoms with Crippen molar-refractivity contribution in [1.82, 2.24) is 19.5 Å². The maximum atomic E-state index is 15.0. The molecule has 9 heteroatoms. The molecule has 6 rings (SSSR count). The number of hydrogen-bond donors (Lipinski definition) is 0. The fourth-order valence-corrected chi connectivity index (χ4v) is 5.43. The van der Waals surface area contributed by atoms with Crippen molar-refractivity contribution in [3.63, 3.8) is 0 Å². The lowest BCUT2D eigenvalue weighted by atomic mass is 9.87. The lowest BCUT2D eigenvalue weighted by Crippen LogP contribution is -2.32. The van der Waals surface area contributed by atoms with Gasteiger partial charge in [0.25, 0.3) is 5.56 Å². The second-order valence-electron chi connectivity index (χ2n) is 9.09. The Bertz CT molecular complexity index is 1290. The number of aromatic nitrogens is 4. The van der Waals surface area contributed by atoms with Gasteiger partial charge in [0.2, 0.25) is 0 Å². The molecule has 0 spiro atoms. The minimum Gasteiger partial charge on any atom is -0.381 e. The van der Waals surface area contributed by atoms with Crippen molar-refractivity contribution >= 4 is 22.6 Å². The normalized spacial score (nSPS) is 25.0. The molecular formula is C24H24ClFN4O3. The van der Waals surface area contributed by atoms with Gasteiger partial charge in [0.15, 0.2) is 5.52 Å². The molecule has 3 aliphatic rings. The molecule has 0 aliphatic carbocycles. The van der Waals surface area contributed by atoms with Gasteiger partial charge < -0.3 is 9.47 Å². The molecule has 3 atom stereocenters. The average Bonchev–Trinajstić information content (AvgIpc) is 3.52. The molecule has 5 heterocycles. The predicted molar refractivity (Wildman–Crippen MR) is 121 cm³/mol. The molecule has 2 aromatic heterocycles. The van der Waals surface area contributed by atoms with Gasteiger partial charge in [-0.2, -0.15) is 0 Å². The van der Waals surface area contributed by atoms with Gasteiger partial charge in [-0.25, -0.2) is 19.3 Å². The Morgan fingerprint density at radius 2 is 2.03 bits per heavy atom. The van der Waals surface area contributed by atoms with Crippen molar-refractivity contribution in [3.05, 3.63) is 51.0 Å². The van der Waals surface area contributed by atoms with Crippen molar-refractivity contribution in [2.45, 2.75) is 50.7 Å². The number of benzene rings is 1. The molecule has 3 aliphatic heterocycles. The molecule has 0 amide bonds. The fraction of sp³-hybridized carbons (Fsp3) is 0.500. The van der Waals surface area contributed by atoms with Crippen LogP contribution in [0.4, 0.5) is 4.39 Å². The van der Waals surface area contributed by atoms with Crippen LogP contribution >= 0.6 is 11.6 Å². The molecule has 0 saturated carbocycles. The Labute approximate surface area is 194 Å². The predicted octanol–water partition coefficient (Wildman–Crippen LogP) is 3.89. The first-order valence-corrected chi connectivity index (χ1v) is 11.9. The Morgan fingerprint density at radius 3 is 2.85 bits per heavy atom. The number of halogens is 2. The van der Waals surface area contributed by atoms with Gasteiger partial charge in [-0.15, -0.1) is 0 Å². The van der Waals surface area contributed by atoms with Gasteiger partial charge >= 0.3 is 0 Å². The standard InChI is InChI=1S/C24H24ClFN4O3/c25-15-3-4-16(17(26)11-15)20-21-22(24(31)30-7-1-2-19(30)27-21)29-23(28-20)13-6-9-33-18(10-13)14-5-8-32-12-14/h3-4,11,13-14,18H,1-2,5-10,12H2/t13-,14?,18-/m1/s1. The summed E-state index contributed by atoms with van der Waals surface area (Å²) in [6.07, 6.45) is 4.11. The third-order valence-electron chi connectivity index (χ3n) is 7.04. The highest BCUT2D eigenvalue weighted by Crippen LogP contribution is 2.36. The number of aryl methyl sites for hydroxylation is 1. The van der Waals surface area contributed by atoms with E-state index in [0.717, 1.165) is 32.3 Å². The maximum absolute atomic E-state index is 15.0. The molecule has 0 bridgehead atoms. The van der Waals surface area contributed by atoms with Crippen molar-refractivity contribution in [3.8, 4) is 11.3 Å². The molecular weight excluding hydrogens is 447 g/mol. The topological polar surface area (TPSA) is 79.1 Å². The van der Waals surface area contributed by atoms with Crippen LogP contribution in [0.2, 0.25) is 5.02 Å². The van der Waals surface area contributed by atoms with E-state index in [1.165, 1.54) is 6.07 Å². The van der Waals surface area contributed by atoms with Crippen molar-refractivity contribution in [2.75, 3.05) is 19.8 Å². The van der Waals surface area contributed by atoms with Crippen LogP contribution in [0.5, 0.6) is 0 Å². The third kappa shape index (κ3) is 3.74. The zero-order valence-corrected chi connectivity index (χ0v) is 18.9. The second kappa shape index (κ2) is 8.42. The van der Waals surface area contributed by atoms with Gasteiger partial charge in [-0.05, 0) is 43.9 Å². The molecule has 1 unspecified atom stereocenters. The molecule has 1 aromatic carbocycles. The first-order chi connectivity index (χ1) is 16.1. The summed E-state index contributed by atoms with van der Waals surface area (Å²) < 4.78 is 28.3. The van der Waals surface area contributed by atoms with E-state index in [0.29, 0.717) is 60.0 Å². The molecule has 7 nitrogen and oxygen atoms in total. The number of rotatable bonds is 3. The van der Waals surface area contributed by atoms with E-state index >= 15 is 0 Å². The van der Waals surface area contributed by atoms with E-state index in [2.05, 4.69) is 0 Å². The highest BCUT2D eigenvalue weighted by atomic mass is 35.5. The van der Waals surface area contributed by atoms with Crippen molar-refractivity contribution in [1.29, 1.82) is 0 Å². The number of ether oxygens (including phenoxy) is 2. The summed E-state index contributed by atoms with van der Waals surface area (Å²) in [5.74, 6) is 1.13. The Morgan fingerprint density at radius 1 is 1.12 bits per heavy atom. The van der Waals surface area contributed by atoms with Crippen LogP contribution in [0.1, 0.15) is 43.3 Å². The zero-order chi connectivity index (χ0) is 22.5. The molecule has 172 valence electrons. The highest BCUT2D eigenvalue weighted by Gasteiger charge is 2.34. The third-order valence-corrected chi connectivity index (χ3v) is 7.28. The maximum Gasteiger partial charge on any atom is 0.280 e. The van der Waals surface area contributed by atoms with Gasteiger partial charge in [0.1, 0.15) is 28.7 Å². The SMILES string of the molecule is O=c1c2nc([C@@H]3CCO[C@@H](C4CCOC4)C3)nc(-c3ccc(Cl)cc3F)c2nc2n1CCC2. The summed E-state index contributed by atoms with van der Waals surface area (Å²) in [5, 5.41) is 0.301. The van der Waals surface area contributed by atoms with E-state index in [-0.39, 0.29) is 28.7 Å².